The summed E-state index contributed by atoms with van der Waals surface area (Å²) in [6.45, 7) is 4.26. The smallest absolute Gasteiger partial charge is 0.0651 e. The molecule has 1 aromatic heterocycles. The summed E-state index contributed by atoms with van der Waals surface area (Å²) in [6, 6.07) is 8.42. The van der Waals surface area contributed by atoms with Crippen molar-refractivity contribution in [3.05, 3.63) is 47.3 Å². The molecule has 84 valence electrons. The quantitative estimate of drug-likeness (QED) is 0.784. The van der Waals surface area contributed by atoms with Crippen LogP contribution in [0.3, 0.4) is 0 Å². The first kappa shape index (κ1) is 11.4. The van der Waals surface area contributed by atoms with E-state index < -0.39 is 0 Å². The first-order valence-electron chi connectivity index (χ1n) is 5.45. The van der Waals surface area contributed by atoms with E-state index in [2.05, 4.69) is 59.1 Å². The van der Waals surface area contributed by atoms with Gasteiger partial charge in [-0.05, 0) is 31.0 Å². The van der Waals surface area contributed by atoms with Crippen LogP contribution in [0.5, 0.6) is 0 Å². The molecule has 0 spiro atoms. The van der Waals surface area contributed by atoms with Gasteiger partial charge in [0.05, 0.1) is 11.9 Å². The van der Waals surface area contributed by atoms with Crippen molar-refractivity contribution in [2.75, 3.05) is 0 Å². The van der Waals surface area contributed by atoms with Crippen molar-refractivity contribution in [3.63, 3.8) is 0 Å². The predicted octanol–water partition coefficient (Wildman–Crippen LogP) is 3.64. The van der Waals surface area contributed by atoms with Crippen LogP contribution in [0.25, 0.3) is 5.69 Å². The van der Waals surface area contributed by atoms with Gasteiger partial charge in [-0.25, -0.2) is 4.68 Å². The van der Waals surface area contributed by atoms with Gasteiger partial charge in [-0.15, -0.1) is 0 Å². The Morgan fingerprint density at radius 3 is 2.81 bits per heavy atom. The monoisotopic (exact) mass is 278 g/mol. The standard InChI is InChI=1S/C13H15BrN2/c1-3-13-11(8-14)9-15-16(13)12-6-4-5-10(2)7-12/h4-7,9H,3,8H2,1-2H3. The van der Waals surface area contributed by atoms with Crippen LogP contribution in [-0.4, -0.2) is 9.78 Å². The van der Waals surface area contributed by atoms with Crippen LogP contribution in [0.2, 0.25) is 0 Å². The lowest BCUT2D eigenvalue weighted by atomic mass is 10.2. The molecule has 0 aliphatic rings. The molecule has 0 saturated carbocycles. The average Bonchev–Trinajstić information content (AvgIpc) is 2.71. The molecule has 0 N–H and O–H groups in total. The van der Waals surface area contributed by atoms with Gasteiger partial charge >= 0.3 is 0 Å². The summed E-state index contributed by atoms with van der Waals surface area (Å²) < 4.78 is 2.03. The summed E-state index contributed by atoms with van der Waals surface area (Å²) >= 11 is 3.50. The third kappa shape index (κ3) is 2.05. The van der Waals surface area contributed by atoms with Gasteiger partial charge < -0.3 is 0 Å². The number of aromatic nitrogens is 2. The number of rotatable bonds is 3. The van der Waals surface area contributed by atoms with E-state index in [1.54, 1.807) is 0 Å². The molecule has 0 atom stereocenters. The number of halogens is 1. The Kier molecular flexibility index (Phi) is 3.44. The summed E-state index contributed by atoms with van der Waals surface area (Å²) in [5, 5.41) is 5.32. The van der Waals surface area contributed by atoms with E-state index in [4.69, 9.17) is 0 Å². The van der Waals surface area contributed by atoms with E-state index in [1.165, 1.54) is 16.8 Å². The van der Waals surface area contributed by atoms with Crippen molar-refractivity contribution in [3.8, 4) is 5.69 Å². The van der Waals surface area contributed by atoms with Gasteiger partial charge in [-0.3, -0.25) is 0 Å². The second-order valence-electron chi connectivity index (χ2n) is 3.85. The Labute approximate surface area is 104 Å². The number of nitrogens with zero attached hydrogens (tertiary/aromatic N) is 2. The molecule has 0 amide bonds. The second-order valence-corrected chi connectivity index (χ2v) is 4.42. The molecule has 16 heavy (non-hydrogen) atoms. The van der Waals surface area contributed by atoms with Crippen LogP contribution >= 0.6 is 15.9 Å². The molecule has 0 fully saturated rings. The number of benzene rings is 1. The molecule has 2 rings (SSSR count). The molecule has 0 bridgehead atoms. The lowest BCUT2D eigenvalue weighted by Gasteiger charge is -2.07. The maximum Gasteiger partial charge on any atom is 0.0651 e. The highest BCUT2D eigenvalue weighted by Crippen LogP contribution is 2.18. The van der Waals surface area contributed by atoms with Crippen molar-refractivity contribution < 1.29 is 0 Å². The molecular formula is C13H15BrN2. The molecule has 0 saturated heterocycles. The van der Waals surface area contributed by atoms with Gasteiger partial charge in [0.25, 0.3) is 0 Å². The van der Waals surface area contributed by atoms with E-state index >= 15 is 0 Å². The first-order valence-corrected chi connectivity index (χ1v) is 6.57. The van der Waals surface area contributed by atoms with Gasteiger partial charge in [0.15, 0.2) is 0 Å². The van der Waals surface area contributed by atoms with Gasteiger partial charge in [-0.1, -0.05) is 35.0 Å². The maximum atomic E-state index is 4.46. The van der Waals surface area contributed by atoms with Crippen molar-refractivity contribution >= 4 is 15.9 Å². The maximum absolute atomic E-state index is 4.46. The molecule has 3 heteroatoms. The minimum atomic E-state index is 0.863. The molecule has 2 aromatic rings. The lowest BCUT2D eigenvalue weighted by molar-refractivity contribution is 0.810. The molecule has 1 aromatic carbocycles. The Bertz CT molecular complexity index is 488. The highest BCUT2D eigenvalue weighted by molar-refractivity contribution is 9.08. The Balaban J connectivity index is 2.51. The van der Waals surface area contributed by atoms with Crippen molar-refractivity contribution in [2.45, 2.75) is 25.6 Å². The van der Waals surface area contributed by atoms with Crippen LogP contribution in [0.15, 0.2) is 30.5 Å². The molecule has 0 unspecified atom stereocenters. The highest BCUT2D eigenvalue weighted by atomic mass is 79.9. The minimum Gasteiger partial charge on any atom is -0.238 e. The van der Waals surface area contributed by atoms with Crippen molar-refractivity contribution in [1.82, 2.24) is 9.78 Å². The third-order valence-corrected chi connectivity index (χ3v) is 3.28. The Morgan fingerprint density at radius 2 is 2.19 bits per heavy atom. The van der Waals surface area contributed by atoms with E-state index in [9.17, 15) is 0 Å². The van der Waals surface area contributed by atoms with Gasteiger partial charge in [-0.2, -0.15) is 5.10 Å². The predicted molar refractivity (Wildman–Crippen MR) is 70.3 cm³/mol. The Morgan fingerprint density at radius 1 is 1.38 bits per heavy atom. The Hall–Kier alpha value is -1.09. The number of aryl methyl sites for hydroxylation is 1. The molecule has 0 aliphatic heterocycles. The van der Waals surface area contributed by atoms with E-state index in [0.29, 0.717) is 0 Å². The van der Waals surface area contributed by atoms with Gasteiger partial charge in [0.1, 0.15) is 0 Å². The van der Waals surface area contributed by atoms with Gasteiger partial charge in [0, 0.05) is 16.6 Å². The minimum absolute atomic E-state index is 0.863. The van der Waals surface area contributed by atoms with Crippen LogP contribution in [0.4, 0.5) is 0 Å². The van der Waals surface area contributed by atoms with E-state index in [0.717, 1.165) is 17.4 Å². The summed E-state index contributed by atoms with van der Waals surface area (Å²) in [7, 11) is 0. The zero-order valence-electron chi connectivity index (χ0n) is 9.57. The third-order valence-electron chi connectivity index (χ3n) is 2.68. The molecule has 2 nitrogen and oxygen atoms in total. The van der Waals surface area contributed by atoms with Crippen LogP contribution in [-0.2, 0) is 11.8 Å². The van der Waals surface area contributed by atoms with E-state index in [1.807, 2.05) is 10.9 Å². The SMILES string of the molecule is CCc1c(CBr)cnn1-c1cccc(C)c1. The largest absolute Gasteiger partial charge is 0.238 e. The average molecular weight is 279 g/mol. The second kappa shape index (κ2) is 4.83. The zero-order chi connectivity index (χ0) is 11.5. The van der Waals surface area contributed by atoms with Gasteiger partial charge in [0.2, 0.25) is 0 Å². The van der Waals surface area contributed by atoms with Crippen molar-refractivity contribution in [1.29, 1.82) is 0 Å². The fourth-order valence-electron chi connectivity index (χ4n) is 1.88. The first-order chi connectivity index (χ1) is 7.76. The normalized spacial score (nSPS) is 10.7. The fourth-order valence-corrected chi connectivity index (χ4v) is 2.35. The molecule has 0 aliphatic carbocycles. The summed E-state index contributed by atoms with van der Waals surface area (Å²) in [5.41, 5.74) is 4.95. The summed E-state index contributed by atoms with van der Waals surface area (Å²) in [4.78, 5) is 0. The summed E-state index contributed by atoms with van der Waals surface area (Å²) in [5.74, 6) is 0. The highest BCUT2D eigenvalue weighted by Gasteiger charge is 2.09. The van der Waals surface area contributed by atoms with Crippen molar-refractivity contribution in [2.24, 2.45) is 0 Å². The fraction of sp³-hybridized carbons (Fsp3) is 0.308. The molecule has 1 heterocycles. The van der Waals surface area contributed by atoms with Crippen LogP contribution in [0, 0.1) is 6.92 Å². The number of hydrogen-bond acceptors (Lipinski definition) is 1. The van der Waals surface area contributed by atoms with Crippen LogP contribution < -0.4 is 0 Å². The van der Waals surface area contributed by atoms with Crippen LogP contribution in [0.1, 0.15) is 23.7 Å². The zero-order valence-corrected chi connectivity index (χ0v) is 11.2. The summed E-state index contributed by atoms with van der Waals surface area (Å²) in [6.07, 6.45) is 2.94. The molecular weight excluding hydrogens is 264 g/mol. The number of hydrogen-bond donors (Lipinski definition) is 0. The topological polar surface area (TPSA) is 17.8 Å². The van der Waals surface area contributed by atoms with E-state index in [-0.39, 0.29) is 0 Å². The number of alkyl halides is 1. The lowest BCUT2D eigenvalue weighted by Crippen LogP contribution is -2.02. The molecule has 0 radical (unpaired) electrons.